The molecule has 108 valence electrons. The van der Waals surface area contributed by atoms with Crippen LogP contribution in [-0.2, 0) is 6.54 Å². The van der Waals surface area contributed by atoms with Crippen LogP contribution in [0.5, 0.6) is 0 Å². The highest BCUT2D eigenvalue weighted by Gasteiger charge is 2.10. The van der Waals surface area contributed by atoms with Gasteiger partial charge in [-0.25, -0.2) is 0 Å². The number of benzene rings is 1. The second kappa shape index (κ2) is 6.76. The monoisotopic (exact) mass is 270 g/mol. The fourth-order valence-electron chi connectivity index (χ4n) is 2.58. The molecule has 1 aromatic heterocycles. The number of aryl methyl sites for hydroxylation is 2. The molecule has 2 nitrogen and oxygen atoms in total. The molecule has 1 heterocycles. The van der Waals surface area contributed by atoms with Crippen LogP contribution < -0.4 is 5.32 Å². The number of nitrogens with zero attached hydrogens (tertiary/aromatic N) is 1. The van der Waals surface area contributed by atoms with E-state index in [1.54, 1.807) is 0 Å². The van der Waals surface area contributed by atoms with Crippen LogP contribution >= 0.6 is 0 Å². The minimum atomic E-state index is 0.398. The summed E-state index contributed by atoms with van der Waals surface area (Å²) in [7, 11) is 0. The van der Waals surface area contributed by atoms with Gasteiger partial charge < -0.3 is 9.88 Å². The fourth-order valence-corrected chi connectivity index (χ4v) is 2.58. The van der Waals surface area contributed by atoms with E-state index in [0.29, 0.717) is 6.04 Å². The molecule has 0 aliphatic carbocycles. The maximum absolute atomic E-state index is 3.57. The first kappa shape index (κ1) is 14.9. The van der Waals surface area contributed by atoms with Gasteiger partial charge in [0.1, 0.15) is 0 Å². The summed E-state index contributed by atoms with van der Waals surface area (Å²) < 4.78 is 2.36. The van der Waals surface area contributed by atoms with E-state index in [0.717, 1.165) is 13.1 Å². The average molecular weight is 270 g/mol. The SMILES string of the molecule is CCCNC(C)c1cccn1Cc1cc(C)ccc1C. The number of hydrogen-bond acceptors (Lipinski definition) is 1. The summed E-state index contributed by atoms with van der Waals surface area (Å²) in [6.45, 7) is 10.8. The number of nitrogens with one attached hydrogen (secondary N) is 1. The molecule has 0 radical (unpaired) electrons. The van der Waals surface area contributed by atoms with Crippen LogP contribution in [0.15, 0.2) is 36.5 Å². The lowest BCUT2D eigenvalue weighted by Crippen LogP contribution is -2.22. The predicted molar refractivity (Wildman–Crippen MR) is 86.2 cm³/mol. The Hall–Kier alpha value is -1.54. The van der Waals surface area contributed by atoms with Gasteiger partial charge in [0.25, 0.3) is 0 Å². The second-order valence-corrected chi connectivity index (χ2v) is 5.67. The van der Waals surface area contributed by atoms with Gasteiger partial charge in [-0.05, 0) is 57.0 Å². The van der Waals surface area contributed by atoms with Crippen molar-refractivity contribution >= 4 is 0 Å². The molecule has 0 aliphatic heterocycles. The van der Waals surface area contributed by atoms with Crippen molar-refractivity contribution in [3.63, 3.8) is 0 Å². The summed E-state index contributed by atoms with van der Waals surface area (Å²) in [5.41, 5.74) is 5.46. The molecule has 2 rings (SSSR count). The topological polar surface area (TPSA) is 17.0 Å². The normalized spacial score (nSPS) is 12.6. The molecule has 0 amide bonds. The number of aromatic nitrogens is 1. The van der Waals surface area contributed by atoms with Crippen LogP contribution in [0, 0.1) is 13.8 Å². The average Bonchev–Trinajstić information content (AvgIpc) is 2.88. The van der Waals surface area contributed by atoms with Crippen LogP contribution in [-0.4, -0.2) is 11.1 Å². The Labute approximate surface area is 122 Å². The molecule has 2 aromatic rings. The zero-order chi connectivity index (χ0) is 14.5. The smallest absolute Gasteiger partial charge is 0.0476 e. The molecular weight excluding hydrogens is 244 g/mol. The minimum Gasteiger partial charge on any atom is -0.346 e. The second-order valence-electron chi connectivity index (χ2n) is 5.67. The van der Waals surface area contributed by atoms with Crippen molar-refractivity contribution in [3.05, 3.63) is 58.9 Å². The van der Waals surface area contributed by atoms with E-state index in [1.807, 2.05) is 0 Å². The molecular formula is C18H26N2. The van der Waals surface area contributed by atoms with Gasteiger partial charge in [0.15, 0.2) is 0 Å². The quantitative estimate of drug-likeness (QED) is 0.832. The number of rotatable bonds is 6. The standard InChI is InChI=1S/C18H26N2/c1-5-10-19-16(4)18-7-6-11-20(18)13-17-12-14(2)8-9-15(17)3/h6-9,11-12,16,19H,5,10,13H2,1-4H3. The molecule has 0 bridgehead atoms. The van der Waals surface area contributed by atoms with E-state index < -0.39 is 0 Å². The van der Waals surface area contributed by atoms with Crippen molar-refractivity contribution in [2.45, 2.75) is 46.7 Å². The molecule has 1 unspecified atom stereocenters. The van der Waals surface area contributed by atoms with E-state index in [9.17, 15) is 0 Å². The Morgan fingerprint density at radius 3 is 2.75 bits per heavy atom. The molecule has 0 saturated carbocycles. The maximum Gasteiger partial charge on any atom is 0.0476 e. The van der Waals surface area contributed by atoms with Crippen LogP contribution in [0.1, 0.15) is 48.7 Å². The summed E-state index contributed by atoms with van der Waals surface area (Å²) in [6, 6.07) is 11.5. The summed E-state index contributed by atoms with van der Waals surface area (Å²) in [5, 5.41) is 3.57. The van der Waals surface area contributed by atoms with Crippen LogP contribution in [0.3, 0.4) is 0 Å². The summed E-state index contributed by atoms with van der Waals surface area (Å²) in [5.74, 6) is 0. The molecule has 0 saturated heterocycles. The van der Waals surface area contributed by atoms with Crippen LogP contribution in [0.4, 0.5) is 0 Å². The van der Waals surface area contributed by atoms with E-state index in [1.165, 1.54) is 28.8 Å². The van der Waals surface area contributed by atoms with E-state index in [-0.39, 0.29) is 0 Å². The number of hydrogen-bond donors (Lipinski definition) is 1. The van der Waals surface area contributed by atoms with Crippen molar-refractivity contribution < 1.29 is 0 Å². The first-order chi connectivity index (χ1) is 9.61. The molecule has 1 atom stereocenters. The Balaban J connectivity index is 2.18. The van der Waals surface area contributed by atoms with Crippen molar-refractivity contribution in [2.24, 2.45) is 0 Å². The van der Waals surface area contributed by atoms with Crippen molar-refractivity contribution in [1.82, 2.24) is 9.88 Å². The van der Waals surface area contributed by atoms with Gasteiger partial charge in [0.05, 0.1) is 0 Å². The Bertz CT molecular complexity index is 554. The highest BCUT2D eigenvalue weighted by molar-refractivity contribution is 5.31. The zero-order valence-corrected chi connectivity index (χ0v) is 13.1. The molecule has 20 heavy (non-hydrogen) atoms. The minimum absolute atomic E-state index is 0.398. The van der Waals surface area contributed by atoms with Gasteiger partial charge in [-0.1, -0.05) is 30.7 Å². The zero-order valence-electron chi connectivity index (χ0n) is 13.1. The van der Waals surface area contributed by atoms with Crippen LogP contribution in [0.2, 0.25) is 0 Å². The summed E-state index contributed by atoms with van der Waals surface area (Å²) >= 11 is 0. The summed E-state index contributed by atoms with van der Waals surface area (Å²) in [4.78, 5) is 0. The molecule has 1 aromatic carbocycles. The van der Waals surface area contributed by atoms with E-state index in [2.05, 4.69) is 74.1 Å². The first-order valence-corrected chi connectivity index (χ1v) is 7.56. The summed E-state index contributed by atoms with van der Waals surface area (Å²) in [6.07, 6.45) is 3.35. The lowest BCUT2D eigenvalue weighted by Gasteiger charge is -2.18. The van der Waals surface area contributed by atoms with Gasteiger partial charge in [0, 0.05) is 24.5 Å². The lowest BCUT2D eigenvalue weighted by atomic mass is 10.1. The predicted octanol–water partition coefficient (Wildman–Crippen LogP) is 4.21. The molecule has 0 aliphatic rings. The maximum atomic E-state index is 3.57. The highest BCUT2D eigenvalue weighted by Crippen LogP contribution is 2.18. The molecule has 2 heteroatoms. The van der Waals surface area contributed by atoms with Gasteiger partial charge in [-0.3, -0.25) is 0 Å². The highest BCUT2D eigenvalue weighted by atomic mass is 15.0. The van der Waals surface area contributed by atoms with Gasteiger partial charge in [0.2, 0.25) is 0 Å². The largest absolute Gasteiger partial charge is 0.346 e. The van der Waals surface area contributed by atoms with Crippen LogP contribution in [0.25, 0.3) is 0 Å². The Morgan fingerprint density at radius 2 is 2.00 bits per heavy atom. The first-order valence-electron chi connectivity index (χ1n) is 7.56. The van der Waals surface area contributed by atoms with Gasteiger partial charge in [-0.2, -0.15) is 0 Å². The molecule has 0 fully saturated rings. The molecule has 0 spiro atoms. The van der Waals surface area contributed by atoms with Gasteiger partial charge >= 0.3 is 0 Å². The van der Waals surface area contributed by atoms with E-state index >= 15 is 0 Å². The lowest BCUT2D eigenvalue weighted by molar-refractivity contribution is 0.534. The van der Waals surface area contributed by atoms with Gasteiger partial charge in [-0.15, -0.1) is 0 Å². The third-order valence-electron chi connectivity index (χ3n) is 3.85. The third-order valence-corrected chi connectivity index (χ3v) is 3.85. The van der Waals surface area contributed by atoms with Crippen molar-refractivity contribution in [2.75, 3.05) is 6.54 Å². The van der Waals surface area contributed by atoms with E-state index in [4.69, 9.17) is 0 Å². The molecule has 1 N–H and O–H groups in total. The van der Waals surface area contributed by atoms with Crippen molar-refractivity contribution in [1.29, 1.82) is 0 Å². The third kappa shape index (κ3) is 3.51. The van der Waals surface area contributed by atoms with Crippen molar-refractivity contribution in [3.8, 4) is 0 Å². The Kier molecular flexibility index (Phi) is 5.02. The fraction of sp³-hybridized carbons (Fsp3) is 0.444. The Morgan fingerprint density at radius 1 is 1.20 bits per heavy atom.